The molecule has 0 aliphatic carbocycles. The summed E-state index contributed by atoms with van der Waals surface area (Å²) >= 11 is 0. The summed E-state index contributed by atoms with van der Waals surface area (Å²) in [7, 11) is 3.03. The van der Waals surface area contributed by atoms with Gasteiger partial charge in [0.1, 0.15) is 12.4 Å². The summed E-state index contributed by atoms with van der Waals surface area (Å²) in [6.07, 6.45) is 0.0394. The maximum absolute atomic E-state index is 11.2. The van der Waals surface area contributed by atoms with Gasteiger partial charge in [-0.2, -0.15) is 4.98 Å². The maximum Gasteiger partial charge on any atom is 0.241 e. The van der Waals surface area contributed by atoms with Crippen LogP contribution in [-0.4, -0.2) is 40.7 Å². The lowest BCUT2D eigenvalue weighted by molar-refractivity contribution is -0.122. The SMILES string of the molecule is CNC(=O)Cc1nc(N)nn1CC(=O)NC. The van der Waals surface area contributed by atoms with Gasteiger partial charge in [0, 0.05) is 14.1 Å². The molecule has 2 amide bonds. The van der Waals surface area contributed by atoms with Gasteiger partial charge in [-0.1, -0.05) is 0 Å². The number of nitrogens with zero attached hydrogens (tertiary/aromatic N) is 3. The van der Waals surface area contributed by atoms with Gasteiger partial charge >= 0.3 is 0 Å². The lowest BCUT2D eigenvalue weighted by Crippen LogP contribution is -2.27. The Hall–Kier alpha value is -2.12. The topological polar surface area (TPSA) is 115 Å². The number of likely N-dealkylation sites (N-methyl/N-ethyl adjacent to an activating group) is 2. The number of rotatable bonds is 4. The Morgan fingerprint density at radius 2 is 1.94 bits per heavy atom. The molecule has 4 N–H and O–H groups in total. The van der Waals surface area contributed by atoms with Crippen molar-refractivity contribution in [2.75, 3.05) is 19.8 Å². The molecule has 0 atom stereocenters. The van der Waals surface area contributed by atoms with E-state index in [-0.39, 0.29) is 30.7 Å². The number of anilines is 1. The number of amides is 2. The van der Waals surface area contributed by atoms with Gasteiger partial charge in [0.25, 0.3) is 0 Å². The standard InChI is InChI=1S/C8H14N6O2/c1-10-6(15)3-5-12-8(9)13-14(5)4-7(16)11-2/h3-4H2,1-2H3,(H2,9,13)(H,10,15)(H,11,16). The van der Waals surface area contributed by atoms with E-state index in [1.807, 2.05) is 0 Å². The van der Waals surface area contributed by atoms with Gasteiger partial charge in [-0.25, -0.2) is 4.68 Å². The van der Waals surface area contributed by atoms with E-state index >= 15 is 0 Å². The Balaban J connectivity index is 2.82. The van der Waals surface area contributed by atoms with Crippen LogP contribution in [-0.2, 0) is 22.6 Å². The third-order valence-electron chi connectivity index (χ3n) is 1.93. The Kier molecular flexibility index (Phi) is 3.81. The largest absolute Gasteiger partial charge is 0.366 e. The minimum absolute atomic E-state index is 0.00692. The summed E-state index contributed by atoms with van der Waals surface area (Å²) in [6.45, 7) is -0.00692. The first-order valence-electron chi connectivity index (χ1n) is 4.67. The zero-order valence-corrected chi connectivity index (χ0v) is 9.15. The number of carbonyl (C=O) groups excluding carboxylic acids is 2. The minimum atomic E-state index is -0.233. The zero-order valence-electron chi connectivity index (χ0n) is 9.15. The molecule has 0 bridgehead atoms. The van der Waals surface area contributed by atoms with Gasteiger partial charge in [0.15, 0.2) is 0 Å². The van der Waals surface area contributed by atoms with Crippen molar-refractivity contribution in [2.45, 2.75) is 13.0 Å². The predicted molar refractivity (Wildman–Crippen MR) is 56.3 cm³/mol. The van der Waals surface area contributed by atoms with Crippen molar-refractivity contribution in [1.82, 2.24) is 25.4 Å². The number of nitrogens with two attached hydrogens (primary N) is 1. The Bertz CT molecular complexity index is 364. The van der Waals surface area contributed by atoms with Gasteiger partial charge < -0.3 is 16.4 Å². The summed E-state index contributed by atoms with van der Waals surface area (Å²) in [5.74, 6) is -0.0446. The van der Waals surface area contributed by atoms with Crippen LogP contribution in [0.5, 0.6) is 0 Å². The number of nitrogens with one attached hydrogen (secondary N) is 2. The summed E-state index contributed by atoms with van der Waals surface area (Å²) in [4.78, 5) is 26.2. The molecule has 1 rings (SSSR count). The van der Waals surface area contributed by atoms with Crippen LogP contribution in [0.1, 0.15) is 5.82 Å². The number of carbonyl (C=O) groups is 2. The van der Waals surface area contributed by atoms with Crippen LogP contribution in [0.15, 0.2) is 0 Å². The van der Waals surface area contributed by atoms with Gasteiger partial charge in [-0.3, -0.25) is 9.59 Å². The quantitative estimate of drug-likeness (QED) is 0.543. The number of nitrogen functional groups attached to an aromatic ring is 1. The fourth-order valence-corrected chi connectivity index (χ4v) is 1.10. The molecule has 0 radical (unpaired) electrons. The van der Waals surface area contributed by atoms with E-state index in [4.69, 9.17) is 5.73 Å². The maximum atomic E-state index is 11.2. The molecule has 1 aromatic heterocycles. The monoisotopic (exact) mass is 226 g/mol. The average Bonchev–Trinajstić information content (AvgIpc) is 2.58. The van der Waals surface area contributed by atoms with Crippen LogP contribution in [0.2, 0.25) is 0 Å². The molecule has 16 heavy (non-hydrogen) atoms. The van der Waals surface area contributed by atoms with Gasteiger partial charge in [-0.05, 0) is 0 Å². The van der Waals surface area contributed by atoms with Gasteiger partial charge in [0.2, 0.25) is 17.8 Å². The summed E-state index contributed by atoms with van der Waals surface area (Å²) in [6, 6.07) is 0. The first kappa shape index (κ1) is 12.0. The lowest BCUT2D eigenvalue weighted by atomic mass is 10.4. The number of hydrogen-bond acceptors (Lipinski definition) is 5. The molecule has 88 valence electrons. The highest BCUT2D eigenvalue weighted by molar-refractivity contribution is 5.78. The molecule has 0 aliphatic rings. The van der Waals surface area contributed by atoms with Crippen LogP contribution in [0.25, 0.3) is 0 Å². The molecule has 1 heterocycles. The van der Waals surface area contributed by atoms with E-state index in [0.29, 0.717) is 5.82 Å². The van der Waals surface area contributed by atoms with Crippen molar-refractivity contribution < 1.29 is 9.59 Å². The molecule has 1 aromatic rings. The van der Waals surface area contributed by atoms with Crippen molar-refractivity contribution in [1.29, 1.82) is 0 Å². The third-order valence-corrected chi connectivity index (χ3v) is 1.93. The van der Waals surface area contributed by atoms with Crippen molar-refractivity contribution in [3.63, 3.8) is 0 Å². The van der Waals surface area contributed by atoms with Crippen LogP contribution in [0.3, 0.4) is 0 Å². The molecule has 8 heteroatoms. The van der Waals surface area contributed by atoms with Crippen LogP contribution < -0.4 is 16.4 Å². The summed E-state index contributed by atoms with van der Waals surface area (Å²) in [5.41, 5.74) is 5.41. The number of aromatic nitrogens is 3. The smallest absolute Gasteiger partial charge is 0.241 e. The van der Waals surface area contributed by atoms with E-state index < -0.39 is 0 Å². The highest BCUT2D eigenvalue weighted by Crippen LogP contribution is 2.01. The highest BCUT2D eigenvalue weighted by atomic mass is 16.2. The lowest BCUT2D eigenvalue weighted by Gasteiger charge is -2.03. The third kappa shape index (κ3) is 2.94. The summed E-state index contributed by atoms with van der Waals surface area (Å²) in [5, 5.41) is 8.73. The van der Waals surface area contributed by atoms with E-state index in [9.17, 15) is 9.59 Å². The Morgan fingerprint density at radius 3 is 2.50 bits per heavy atom. The van der Waals surface area contributed by atoms with Crippen molar-refractivity contribution in [3.05, 3.63) is 5.82 Å². The Labute approximate surface area is 92.2 Å². The molecule has 0 aromatic carbocycles. The molecular weight excluding hydrogens is 212 g/mol. The number of hydrogen-bond donors (Lipinski definition) is 3. The fraction of sp³-hybridized carbons (Fsp3) is 0.500. The molecule has 0 unspecified atom stereocenters. The highest BCUT2D eigenvalue weighted by Gasteiger charge is 2.13. The van der Waals surface area contributed by atoms with Crippen LogP contribution in [0.4, 0.5) is 5.95 Å². The molecular formula is C8H14N6O2. The first-order valence-corrected chi connectivity index (χ1v) is 4.67. The zero-order chi connectivity index (χ0) is 12.1. The molecule has 0 saturated heterocycles. The van der Waals surface area contributed by atoms with E-state index in [1.165, 1.54) is 18.8 Å². The van der Waals surface area contributed by atoms with Crippen molar-refractivity contribution in [3.8, 4) is 0 Å². The summed E-state index contributed by atoms with van der Waals surface area (Å²) < 4.78 is 1.31. The first-order chi connectivity index (χ1) is 7.56. The normalized spacial score (nSPS) is 9.88. The second-order valence-electron chi connectivity index (χ2n) is 3.07. The Morgan fingerprint density at radius 1 is 1.31 bits per heavy atom. The molecule has 0 saturated carbocycles. The second kappa shape index (κ2) is 5.10. The molecule has 0 spiro atoms. The molecule has 0 aliphatic heterocycles. The second-order valence-corrected chi connectivity index (χ2v) is 3.07. The molecule has 8 nitrogen and oxygen atoms in total. The average molecular weight is 226 g/mol. The molecule has 0 fully saturated rings. The van der Waals surface area contributed by atoms with Gasteiger partial charge in [-0.15, -0.1) is 5.10 Å². The van der Waals surface area contributed by atoms with Gasteiger partial charge in [0.05, 0.1) is 6.42 Å². The van der Waals surface area contributed by atoms with Crippen molar-refractivity contribution >= 4 is 17.8 Å². The van der Waals surface area contributed by atoms with E-state index in [1.54, 1.807) is 0 Å². The van der Waals surface area contributed by atoms with Crippen molar-refractivity contribution in [2.24, 2.45) is 0 Å². The van der Waals surface area contributed by atoms with Crippen LogP contribution in [0, 0.1) is 0 Å². The minimum Gasteiger partial charge on any atom is -0.366 e. The van der Waals surface area contributed by atoms with E-state index in [0.717, 1.165) is 0 Å². The fourth-order valence-electron chi connectivity index (χ4n) is 1.10. The van der Waals surface area contributed by atoms with Crippen LogP contribution >= 0.6 is 0 Å². The predicted octanol–water partition coefficient (Wildman–Crippen LogP) is -2.11. The van der Waals surface area contributed by atoms with E-state index in [2.05, 4.69) is 20.7 Å².